The Balaban J connectivity index is 1.86. The lowest BCUT2D eigenvalue weighted by molar-refractivity contribution is -0.140. The molecule has 1 fully saturated rings. The molecule has 0 radical (unpaired) electrons. The number of benzene rings is 2. The maximum Gasteiger partial charge on any atom is 0.296 e. The Hall–Kier alpha value is -3.31. The minimum Gasteiger partial charge on any atom is -0.507 e. The zero-order valence-corrected chi connectivity index (χ0v) is 16.4. The number of aryl methyl sites for hydroxylation is 1. The van der Waals surface area contributed by atoms with Gasteiger partial charge < -0.3 is 14.4 Å². The van der Waals surface area contributed by atoms with E-state index < -0.39 is 17.7 Å². The van der Waals surface area contributed by atoms with E-state index in [4.69, 9.17) is 16.0 Å². The highest BCUT2D eigenvalue weighted by Crippen LogP contribution is 2.40. The average molecular weight is 408 g/mol. The van der Waals surface area contributed by atoms with Gasteiger partial charge in [-0.3, -0.25) is 9.59 Å². The molecule has 2 aromatic carbocycles. The average Bonchev–Trinajstić information content (AvgIpc) is 3.31. The molecule has 1 amide bonds. The van der Waals surface area contributed by atoms with Gasteiger partial charge in [-0.25, -0.2) is 0 Å². The molecule has 1 atom stereocenters. The third-order valence-electron chi connectivity index (χ3n) is 4.96. The van der Waals surface area contributed by atoms with Crippen molar-refractivity contribution < 1.29 is 19.1 Å². The summed E-state index contributed by atoms with van der Waals surface area (Å²) < 4.78 is 5.38. The summed E-state index contributed by atoms with van der Waals surface area (Å²) >= 11 is 5.93. The predicted octanol–water partition coefficient (Wildman–Crippen LogP) is 4.86. The van der Waals surface area contributed by atoms with Crippen LogP contribution in [0.1, 0.15) is 28.5 Å². The first-order valence-electron chi connectivity index (χ1n) is 9.09. The van der Waals surface area contributed by atoms with Gasteiger partial charge in [-0.05, 0) is 48.9 Å². The van der Waals surface area contributed by atoms with Crippen molar-refractivity contribution in [1.82, 2.24) is 4.90 Å². The van der Waals surface area contributed by atoms with Gasteiger partial charge in [0.1, 0.15) is 11.5 Å². The van der Waals surface area contributed by atoms with Crippen LogP contribution in [-0.2, 0) is 16.1 Å². The molecule has 1 N–H and O–H groups in total. The quantitative estimate of drug-likeness (QED) is 0.381. The molecule has 0 unspecified atom stereocenters. The number of likely N-dealkylation sites (tertiary alicyclic amines) is 1. The fraction of sp³-hybridized carbons (Fsp3) is 0.130. The van der Waals surface area contributed by atoms with Crippen LogP contribution in [0.25, 0.3) is 5.76 Å². The van der Waals surface area contributed by atoms with Crippen LogP contribution in [0.5, 0.6) is 0 Å². The van der Waals surface area contributed by atoms with Crippen molar-refractivity contribution in [2.75, 3.05) is 0 Å². The SMILES string of the molecule is Cc1ccc([C@H]2C(=C(O)c3ccc(Cl)cc3)C(=O)C(=O)N2Cc2ccco2)cc1. The molecule has 0 spiro atoms. The third kappa shape index (κ3) is 3.57. The Morgan fingerprint density at radius 3 is 2.38 bits per heavy atom. The Kier molecular flexibility index (Phi) is 4.99. The van der Waals surface area contributed by atoms with Crippen molar-refractivity contribution in [2.45, 2.75) is 19.5 Å². The summed E-state index contributed by atoms with van der Waals surface area (Å²) in [6, 6.07) is 16.7. The highest BCUT2D eigenvalue weighted by atomic mass is 35.5. The number of carbonyl (C=O) groups excluding carboxylic acids is 2. The molecule has 2 heterocycles. The maximum atomic E-state index is 12.9. The molecular weight excluding hydrogens is 390 g/mol. The number of amides is 1. The molecule has 1 aliphatic rings. The molecule has 5 nitrogen and oxygen atoms in total. The highest BCUT2D eigenvalue weighted by molar-refractivity contribution is 6.46. The van der Waals surface area contributed by atoms with E-state index in [0.717, 1.165) is 11.1 Å². The molecule has 146 valence electrons. The largest absolute Gasteiger partial charge is 0.507 e. The monoisotopic (exact) mass is 407 g/mol. The minimum absolute atomic E-state index is 0.0488. The molecule has 4 rings (SSSR count). The topological polar surface area (TPSA) is 70.8 Å². The van der Waals surface area contributed by atoms with Gasteiger partial charge in [0.05, 0.1) is 24.4 Å². The lowest BCUT2D eigenvalue weighted by Crippen LogP contribution is -2.29. The third-order valence-corrected chi connectivity index (χ3v) is 5.21. The number of halogens is 1. The number of Topliss-reactive ketones (excluding diaryl/α,β-unsaturated/α-hetero) is 1. The van der Waals surface area contributed by atoms with Gasteiger partial charge in [0.15, 0.2) is 0 Å². The summed E-state index contributed by atoms with van der Waals surface area (Å²) in [6.45, 7) is 2.07. The van der Waals surface area contributed by atoms with E-state index >= 15 is 0 Å². The van der Waals surface area contributed by atoms with Crippen molar-refractivity contribution in [2.24, 2.45) is 0 Å². The zero-order chi connectivity index (χ0) is 20.5. The number of hydrogen-bond acceptors (Lipinski definition) is 4. The Morgan fingerprint density at radius 2 is 1.76 bits per heavy atom. The summed E-state index contributed by atoms with van der Waals surface area (Å²) in [5.41, 5.74) is 2.25. The zero-order valence-electron chi connectivity index (χ0n) is 15.6. The van der Waals surface area contributed by atoms with E-state index in [9.17, 15) is 14.7 Å². The molecule has 0 aliphatic carbocycles. The minimum atomic E-state index is -0.727. The van der Waals surface area contributed by atoms with Crippen LogP contribution in [0.15, 0.2) is 76.9 Å². The summed E-state index contributed by atoms with van der Waals surface area (Å²) in [6.07, 6.45) is 1.51. The second kappa shape index (κ2) is 7.60. The Labute approximate surface area is 172 Å². The van der Waals surface area contributed by atoms with Gasteiger partial charge >= 0.3 is 0 Å². The lowest BCUT2D eigenvalue weighted by Gasteiger charge is -2.24. The molecular formula is C23H18ClNO4. The molecule has 6 heteroatoms. The van der Waals surface area contributed by atoms with Crippen molar-refractivity contribution >= 4 is 29.1 Å². The van der Waals surface area contributed by atoms with E-state index in [1.165, 1.54) is 11.2 Å². The highest BCUT2D eigenvalue weighted by Gasteiger charge is 2.46. The number of hydrogen-bond donors (Lipinski definition) is 1. The summed E-state index contributed by atoms with van der Waals surface area (Å²) in [5, 5.41) is 11.5. The number of rotatable bonds is 4. The number of aliphatic hydroxyl groups is 1. The first kappa shape index (κ1) is 19.0. The first-order valence-corrected chi connectivity index (χ1v) is 9.47. The number of furan rings is 1. The fourth-order valence-electron chi connectivity index (χ4n) is 3.47. The number of carbonyl (C=O) groups is 2. The molecule has 3 aromatic rings. The second-order valence-corrected chi connectivity index (χ2v) is 7.36. The van der Waals surface area contributed by atoms with Crippen LogP contribution in [0.4, 0.5) is 0 Å². The number of aliphatic hydroxyl groups excluding tert-OH is 1. The fourth-order valence-corrected chi connectivity index (χ4v) is 3.60. The van der Waals surface area contributed by atoms with Crippen LogP contribution < -0.4 is 0 Å². The van der Waals surface area contributed by atoms with E-state index in [2.05, 4.69) is 0 Å². The van der Waals surface area contributed by atoms with E-state index in [0.29, 0.717) is 16.3 Å². The van der Waals surface area contributed by atoms with Crippen LogP contribution in [0.3, 0.4) is 0 Å². The summed E-state index contributed by atoms with van der Waals surface area (Å²) in [7, 11) is 0. The van der Waals surface area contributed by atoms with Crippen molar-refractivity contribution in [3.05, 3.63) is 100.0 Å². The van der Waals surface area contributed by atoms with Gasteiger partial charge in [0.25, 0.3) is 11.7 Å². The standard InChI is InChI=1S/C23H18ClNO4/c1-14-4-6-15(7-5-14)20-19(21(26)16-8-10-17(24)11-9-16)22(27)23(28)25(20)13-18-3-2-12-29-18/h2-12,20,26H,13H2,1H3/t20-/m0/s1. The maximum absolute atomic E-state index is 12.9. The van der Waals surface area contributed by atoms with Gasteiger partial charge in [-0.15, -0.1) is 0 Å². The lowest BCUT2D eigenvalue weighted by atomic mass is 9.94. The number of nitrogens with zero attached hydrogens (tertiary/aromatic N) is 1. The summed E-state index contributed by atoms with van der Waals surface area (Å²) in [4.78, 5) is 27.2. The van der Waals surface area contributed by atoms with E-state index in [1.807, 2.05) is 31.2 Å². The molecule has 0 bridgehead atoms. The first-order chi connectivity index (χ1) is 14.0. The Morgan fingerprint density at radius 1 is 1.07 bits per heavy atom. The Bertz CT molecular complexity index is 1080. The van der Waals surface area contributed by atoms with Crippen LogP contribution in [-0.4, -0.2) is 21.7 Å². The molecule has 1 aliphatic heterocycles. The van der Waals surface area contributed by atoms with Gasteiger partial charge in [0, 0.05) is 10.6 Å². The predicted molar refractivity (Wildman–Crippen MR) is 109 cm³/mol. The summed E-state index contributed by atoms with van der Waals surface area (Å²) in [5.74, 6) is -1.08. The van der Waals surface area contributed by atoms with Crippen LogP contribution in [0, 0.1) is 6.92 Å². The van der Waals surface area contributed by atoms with E-state index in [1.54, 1.807) is 36.4 Å². The molecule has 0 saturated carbocycles. The van der Waals surface area contributed by atoms with Gasteiger partial charge in [-0.2, -0.15) is 0 Å². The van der Waals surface area contributed by atoms with E-state index in [-0.39, 0.29) is 17.9 Å². The molecule has 1 aromatic heterocycles. The van der Waals surface area contributed by atoms with Crippen LogP contribution >= 0.6 is 11.6 Å². The van der Waals surface area contributed by atoms with Crippen molar-refractivity contribution in [3.8, 4) is 0 Å². The van der Waals surface area contributed by atoms with Gasteiger partial charge in [0.2, 0.25) is 0 Å². The molecule has 1 saturated heterocycles. The van der Waals surface area contributed by atoms with Crippen molar-refractivity contribution in [1.29, 1.82) is 0 Å². The van der Waals surface area contributed by atoms with Crippen molar-refractivity contribution in [3.63, 3.8) is 0 Å². The smallest absolute Gasteiger partial charge is 0.296 e. The van der Waals surface area contributed by atoms with Crippen LogP contribution in [0.2, 0.25) is 5.02 Å². The second-order valence-electron chi connectivity index (χ2n) is 6.92. The number of ketones is 1. The van der Waals surface area contributed by atoms with Gasteiger partial charge in [-0.1, -0.05) is 41.4 Å². The molecule has 29 heavy (non-hydrogen) atoms. The normalized spacial score (nSPS) is 18.4.